The molecule has 0 spiro atoms. The van der Waals surface area contributed by atoms with Gasteiger partial charge in [-0.15, -0.1) is 0 Å². The molecule has 118 valence electrons. The van der Waals surface area contributed by atoms with Crippen LogP contribution in [-0.2, 0) is 11.2 Å². The van der Waals surface area contributed by atoms with Crippen LogP contribution >= 0.6 is 0 Å². The van der Waals surface area contributed by atoms with Gasteiger partial charge < -0.3 is 15.8 Å². The molecule has 0 radical (unpaired) electrons. The summed E-state index contributed by atoms with van der Waals surface area (Å²) in [5.41, 5.74) is 6.43. The van der Waals surface area contributed by atoms with Crippen LogP contribution in [0.2, 0.25) is 0 Å². The van der Waals surface area contributed by atoms with E-state index in [1.807, 2.05) is 0 Å². The van der Waals surface area contributed by atoms with Crippen LogP contribution in [0.1, 0.15) is 51.1 Å². The molecule has 0 unspecified atom stereocenters. The predicted molar refractivity (Wildman–Crippen MR) is 83.9 cm³/mol. The minimum atomic E-state index is -0.909. The van der Waals surface area contributed by atoms with Crippen molar-refractivity contribution in [3.63, 3.8) is 0 Å². The maximum Gasteiger partial charge on any atom is 0.331 e. The monoisotopic (exact) mass is 293 g/mol. The summed E-state index contributed by atoms with van der Waals surface area (Å²) >= 11 is 0. The lowest BCUT2D eigenvalue weighted by atomic mass is 9.91. The van der Waals surface area contributed by atoms with Crippen molar-refractivity contribution >= 4 is 5.97 Å². The highest BCUT2D eigenvalue weighted by Crippen LogP contribution is 2.22. The molecule has 1 fully saturated rings. The van der Waals surface area contributed by atoms with Gasteiger partial charge in [0, 0.05) is 23.9 Å². The largest absolute Gasteiger partial charge is 0.478 e. The first kappa shape index (κ1) is 17.4. The van der Waals surface area contributed by atoms with Crippen molar-refractivity contribution in [2.75, 3.05) is 6.54 Å². The van der Waals surface area contributed by atoms with Crippen molar-refractivity contribution < 1.29 is 9.90 Å². The highest BCUT2D eigenvalue weighted by atomic mass is 16.4. The van der Waals surface area contributed by atoms with E-state index < -0.39 is 5.97 Å². The molecule has 4 N–H and O–H groups in total. The second-order valence-corrected chi connectivity index (χ2v) is 5.61. The molecule has 1 aliphatic rings. The van der Waals surface area contributed by atoms with E-state index in [2.05, 4.69) is 16.9 Å². The Bertz CT molecular complexity index is 421. The Hall–Kier alpha value is -1.62. The summed E-state index contributed by atoms with van der Waals surface area (Å²) in [6, 6.07) is 0. The fourth-order valence-electron chi connectivity index (χ4n) is 2.39. The first-order chi connectivity index (χ1) is 10.1. The molecule has 1 aromatic heterocycles. The molecule has 0 atom stereocenters. The number of nitrogens with one attached hydrogen (secondary N) is 1. The van der Waals surface area contributed by atoms with Crippen molar-refractivity contribution in [3.8, 4) is 0 Å². The van der Waals surface area contributed by atoms with Crippen molar-refractivity contribution in [2.24, 2.45) is 11.7 Å². The number of hydrogen-bond donors (Lipinski definition) is 3. The minimum Gasteiger partial charge on any atom is -0.478 e. The molecule has 2 rings (SSSR count). The molecule has 0 aliphatic heterocycles. The molecule has 5 nitrogen and oxygen atoms in total. The summed E-state index contributed by atoms with van der Waals surface area (Å²) in [4.78, 5) is 17.5. The van der Waals surface area contributed by atoms with Crippen molar-refractivity contribution in [1.29, 1.82) is 0 Å². The van der Waals surface area contributed by atoms with Crippen LogP contribution in [0.5, 0.6) is 0 Å². The second-order valence-electron chi connectivity index (χ2n) is 5.61. The average Bonchev–Trinajstić information content (AvgIpc) is 2.97. The molecular formula is C16H27N3O2. The van der Waals surface area contributed by atoms with Gasteiger partial charge in [-0.3, -0.25) is 0 Å². The van der Waals surface area contributed by atoms with E-state index in [-0.39, 0.29) is 0 Å². The van der Waals surface area contributed by atoms with Gasteiger partial charge >= 0.3 is 5.97 Å². The number of carboxylic acids is 1. The molecule has 5 heteroatoms. The number of nitrogens with zero attached hydrogens (tertiary/aromatic N) is 1. The Kier molecular flexibility index (Phi) is 8.43. The van der Waals surface area contributed by atoms with Gasteiger partial charge in [0.15, 0.2) is 0 Å². The number of aromatic amines is 1. The number of carbonyl (C=O) groups is 1. The van der Waals surface area contributed by atoms with Crippen molar-refractivity contribution in [3.05, 3.63) is 29.9 Å². The highest BCUT2D eigenvalue weighted by molar-refractivity contribution is 5.86. The molecular weight excluding hydrogens is 266 g/mol. The van der Waals surface area contributed by atoms with Crippen molar-refractivity contribution in [1.82, 2.24) is 9.97 Å². The van der Waals surface area contributed by atoms with E-state index >= 15 is 0 Å². The SMILES string of the molecule is CC1CCCCC1.NCC/C=C(/Cc1cnc[nH]1)C(=O)O. The third kappa shape index (κ3) is 7.66. The average molecular weight is 293 g/mol. The summed E-state index contributed by atoms with van der Waals surface area (Å²) < 4.78 is 0. The van der Waals surface area contributed by atoms with Gasteiger partial charge in [0.25, 0.3) is 0 Å². The molecule has 0 bridgehead atoms. The van der Waals surface area contributed by atoms with Gasteiger partial charge in [-0.1, -0.05) is 45.1 Å². The summed E-state index contributed by atoms with van der Waals surface area (Å²) in [6.07, 6.45) is 13.2. The standard InChI is InChI=1S/C9H13N3O2.C7H14/c10-3-1-2-7(9(13)14)4-8-5-11-6-12-8;1-7-5-3-2-4-6-7/h2,5-6H,1,3-4,10H2,(H,11,12)(H,13,14);7H,2-6H2,1H3/b7-2-;. The molecule has 1 heterocycles. The highest BCUT2D eigenvalue weighted by Gasteiger charge is 2.08. The molecule has 1 aliphatic carbocycles. The normalized spacial score (nSPS) is 16.2. The summed E-state index contributed by atoms with van der Waals surface area (Å²) in [5, 5.41) is 8.86. The molecule has 0 amide bonds. The summed E-state index contributed by atoms with van der Waals surface area (Å²) in [5.74, 6) is 0.127. The number of H-pyrrole nitrogens is 1. The van der Waals surface area contributed by atoms with E-state index in [1.54, 1.807) is 12.3 Å². The van der Waals surface area contributed by atoms with Crippen molar-refractivity contribution in [2.45, 2.75) is 51.9 Å². The lowest BCUT2D eigenvalue weighted by Gasteiger charge is -2.15. The van der Waals surface area contributed by atoms with Gasteiger partial charge in [-0.05, 0) is 18.9 Å². The van der Waals surface area contributed by atoms with Crippen LogP contribution in [0.15, 0.2) is 24.2 Å². The van der Waals surface area contributed by atoms with E-state index in [0.717, 1.165) is 11.6 Å². The lowest BCUT2D eigenvalue weighted by Crippen LogP contribution is -2.06. The minimum absolute atomic E-state index is 0.347. The third-order valence-corrected chi connectivity index (χ3v) is 3.66. The van der Waals surface area contributed by atoms with Crippen LogP contribution in [0.3, 0.4) is 0 Å². The molecule has 0 aromatic carbocycles. The number of hydrogen-bond acceptors (Lipinski definition) is 3. The van der Waals surface area contributed by atoms with E-state index in [1.165, 1.54) is 38.4 Å². The number of imidazole rings is 1. The number of aromatic nitrogens is 2. The van der Waals surface area contributed by atoms with Gasteiger partial charge in [0.2, 0.25) is 0 Å². The topological polar surface area (TPSA) is 92.0 Å². The Morgan fingerprint density at radius 3 is 2.62 bits per heavy atom. The van der Waals surface area contributed by atoms with Gasteiger partial charge in [-0.2, -0.15) is 0 Å². The number of carboxylic acid groups (broad SMARTS) is 1. The number of aliphatic carboxylic acids is 1. The Balaban J connectivity index is 0.000000262. The number of rotatable bonds is 5. The number of nitrogens with two attached hydrogens (primary N) is 1. The molecule has 0 saturated heterocycles. The van der Waals surface area contributed by atoms with Gasteiger partial charge in [-0.25, -0.2) is 9.78 Å². The Labute approximate surface area is 126 Å². The molecule has 21 heavy (non-hydrogen) atoms. The third-order valence-electron chi connectivity index (χ3n) is 3.66. The van der Waals surface area contributed by atoms with Crippen LogP contribution in [0.4, 0.5) is 0 Å². The fourth-order valence-corrected chi connectivity index (χ4v) is 2.39. The van der Waals surface area contributed by atoms with Crippen LogP contribution < -0.4 is 5.73 Å². The molecule has 1 aromatic rings. The first-order valence-corrected chi connectivity index (χ1v) is 7.73. The first-order valence-electron chi connectivity index (χ1n) is 7.73. The van der Waals surface area contributed by atoms with E-state index in [9.17, 15) is 4.79 Å². The zero-order chi connectivity index (χ0) is 15.5. The zero-order valence-electron chi connectivity index (χ0n) is 12.8. The fraction of sp³-hybridized carbons (Fsp3) is 0.625. The zero-order valence-corrected chi connectivity index (χ0v) is 12.8. The maximum absolute atomic E-state index is 10.8. The quantitative estimate of drug-likeness (QED) is 0.728. The van der Waals surface area contributed by atoms with Gasteiger partial charge in [0.1, 0.15) is 0 Å². The summed E-state index contributed by atoms with van der Waals surface area (Å²) in [7, 11) is 0. The van der Waals surface area contributed by atoms with Crippen LogP contribution in [0, 0.1) is 5.92 Å². The summed E-state index contributed by atoms with van der Waals surface area (Å²) in [6.45, 7) is 2.82. The Morgan fingerprint density at radius 2 is 2.19 bits per heavy atom. The maximum atomic E-state index is 10.8. The van der Waals surface area contributed by atoms with E-state index in [0.29, 0.717) is 25.0 Å². The smallest absolute Gasteiger partial charge is 0.331 e. The Morgan fingerprint density at radius 1 is 1.48 bits per heavy atom. The van der Waals surface area contributed by atoms with E-state index in [4.69, 9.17) is 10.8 Å². The van der Waals surface area contributed by atoms with Gasteiger partial charge in [0.05, 0.1) is 6.33 Å². The lowest BCUT2D eigenvalue weighted by molar-refractivity contribution is -0.132. The predicted octanol–water partition coefficient (Wildman–Crippen LogP) is 2.90. The van der Waals surface area contributed by atoms with Crippen LogP contribution in [-0.4, -0.2) is 27.6 Å². The second kappa shape index (κ2) is 10.2. The van der Waals surface area contributed by atoms with Crippen LogP contribution in [0.25, 0.3) is 0 Å². The molecule has 1 saturated carbocycles.